The first-order valence-corrected chi connectivity index (χ1v) is 7.11. The number of halogens is 3. The van der Waals surface area contributed by atoms with E-state index in [1.165, 1.54) is 24.5 Å². The van der Waals surface area contributed by atoms with Crippen molar-refractivity contribution in [1.82, 2.24) is 10.6 Å². The van der Waals surface area contributed by atoms with Crippen LogP contribution in [0.5, 0.6) is 0 Å². The van der Waals surface area contributed by atoms with Crippen LogP contribution in [-0.2, 0) is 17.4 Å². The van der Waals surface area contributed by atoms with E-state index in [0.29, 0.717) is 0 Å². The molecule has 2 amide bonds. The summed E-state index contributed by atoms with van der Waals surface area (Å²) in [5.74, 6) is -0.681. The van der Waals surface area contributed by atoms with E-state index >= 15 is 0 Å². The van der Waals surface area contributed by atoms with Gasteiger partial charge in [-0.2, -0.15) is 13.2 Å². The summed E-state index contributed by atoms with van der Waals surface area (Å²) in [6.07, 6.45) is -3.25. The van der Waals surface area contributed by atoms with Crippen molar-refractivity contribution in [2.45, 2.75) is 12.6 Å². The molecule has 2 aromatic rings. The van der Waals surface area contributed by atoms with E-state index in [9.17, 15) is 22.8 Å². The van der Waals surface area contributed by atoms with Crippen LogP contribution in [0.2, 0.25) is 0 Å². The Kier molecular flexibility index (Phi) is 5.62. The average Bonchev–Trinajstić information content (AvgIpc) is 3.05. The molecule has 5 nitrogen and oxygen atoms in total. The minimum atomic E-state index is -4.44. The van der Waals surface area contributed by atoms with Gasteiger partial charge in [0.2, 0.25) is 5.91 Å². The molecule has 1 aromatic carbocycles. The Morgan fingerprint density at radius 2 is 1.79 bits per heavy atom. The number of furan rings is 1. The van der Waals surface area contributed by atoms with Gasteiger partial charge >= 0.3 is 6.18 Å². The quantitative estimate of drug-likeness (QED) is 0.793. The number of amides is 2. The van der Waals surface area contributed by atoms with Crippen LogP contribution in [0.25, 0.3) is 0 Å². The largest absolute Gasteiger partial charge is 0.459 e. The lowest BCUT2D eigenvalue weighted by Gasteiger charge is -2.09. The van der Waals surface area contributed by atoms with Crippen LogP contribution in [0.15, 0.2) is 47.1 Å². The van der Waals surface area contributed by atoms with Crippen molar-refractivity contribution in [2.75, 3.05) is 13.1 Å². The third-order valence-corrected chi connectivity index (χ3v) is 3.10. The Hall–Kier alpha value is -2.77. The smallest absolute Gasteiger partial charge is 0.416 e. The van der Waals surface area contributed by atoms with Crippen molar-refractivity contribution < 1.29 is 27.2 Å². The van der Waals surface area contributed by atoms with Crippen molar-refractivity contribution in [3.8, 4) is 0 Å². The fourth-order valence-electron chi connectivity index (χ4n) is 1.98. The van der Waals surface area contributed by atoms with Gasteiger partial charge in [-0.15, -0.1) is 0 Å². The average molecular weight is 340 g/mol. The van der Waals surface area contributed by atoms with Gasteiger partial charge in [0.15, 0.2) is 5.76 Å². The number of rotatable bonds is 6. The maximum Gasteiger partial charge on any atom is 0.416 e. The fraction of sp³-hybridized carbons (Fsp3) is 0.250. The first-order valence-electron chi connectivity index (χ1n) is 7.11. The standard InChI is InChI=1S/C16H15F3N2O3/c17-16(18,19)12-4-1-3-11(9-12)10-14(22)20-6-7-21-15(23)13-5-2-8-24-13/h1-5,8-9H,6-7,10H2,(H,20,22)(H,21,23). The maximum absolute atomic E-state index is 12.6. The molecule has 0 aliphatic heterocycles. The predicted molar refractivity (Wildman–Crippen MR) is 79.2 cm³/mol. The van der Waals surface area contributed by atoms with Gasteiger partial charge in [-0.05, 0) is 23.8 Å². The molecule has 128 valence electrons. The molecule has 2 rings (SSSR count). The Bertz CT molecular complexity index is 697. The molecule has 0 saturated carbocycles. The zero-order chi connectivity index (χ0) is 17.6. The number of carbonyl (C=O) groups is 2. The van der Waals surface area contributed by atoms with Crippen molar-refractivity contribution in [3.05, 3.63) is 59.5 Å². The van der Waals surface area contributed by atoms with E-state index in [4.69, 9.17) is 4.42 Å². The van der Waals surface area contributed by atoms with Gasteiger partial charge in [0.25, 0.3) is 5.91 Å². The highest BCUT2D eigenvalue weighted by molar-refractivity contribution is 5.91. The lowest BCUT2D eigenvalue weighted by Crippen LogP contribution is -2.35. The Labute approximate surface area is 135 Å². The molecule has 1 aromatic heterocycles. The second kappa shape index (κ2) is 7.67. The van der Waals surface area contributed by atoms with Crippen LogP contribution in [0, 0.1) is 0 Å². The van der Waals surface area contributed by atoms with Crippen molar-refractivity contribution >= 4 is 11.8 Å². The highest BCUT2D eigenvalue weighted by atomic mass is 19.4. The summed E-state index contributed by atoms with van der Waals surface area (Å²) in [6, 6.07) is 7.68. The van der Waals surface area contributed by atoms with Gasteiger partial charge in [-0.25, -0.2) is 0 Å². The predicted octanol–water partition coefficient (Wildman–Crippen LogP) is 2.39. The molecule has 8 heteroatoms. The highest BCUT2D eigenvalue weighted by Gasteiger charge is 2.30. The third kappa shape index (κ3) is 5.15. The van der Waals surface area contributed by atoms with Gasteiger partial charge in [0, 0.05) is 13.1 Å². The summed E-state index contributed by atoms with van der Waals surface area (Å²) in [5.41, 5.74) is -0.527. The SMILES string of the molecule is O=C(Cc1cccc(C(F)(F)F)c1)NCCNC(=O)c1ccco1. The van der Waals surface area contributed by atoms with E-state index < -0.39 is 23.6 Å². The first-order chi connectivity index (χ1) is 11.4. The normalized spacial score (nSPS) is 11.1. The van der Waals surface area contributed by atoms with Gasteiger partial charge in [-0.3, -0.25) is 9.59 Å². The molecule has 0 aliphatic carbocycles. The van der Waals surface area contributed by atoms with E-state index in [0.717, 1.165) is 12.1 Å². The van der Waals surface area contributed by atoms with E-state index in [2.05, 4.69) is 10.6 Å². The second-order valence-corrected chi connectivity index (χ2v) is 4.96. The topological polar surface area (TPSA) is 71.3 Å². The maximum atomic E-state index is 12.6. The molecular weight excluding hydrogens is 325 g/mol. The number of hydrogen-bond acceptors (Lipinski definition) is 3. The molecule has 2 N–H and O–H groups in total. The van der Waals surface area contributed by atoms with Gasteiger partial charge < -0.3 is 15.1 Å². The minimum absolute atomic E-state index is 0.157. The van der Waals surface area contributed by atoms with Crippen molar-refractivity contribution in [3.63, 3.8) is 0 Å². The van der Waals surface area contributed by atoms with Crippen molar-refractivity contribution in [1.29, 1.82) is 0 Å². The van der Waals surface area contributed by atoms with Gasteiger partial charge in [0.1, 0.15) is 0 Å². The Balaban J connectivity index is 1.75. The molecule has 0 fully saturated rings. The summed E-state index contributed by atoms with van der Waals surface area (Å²) in [7, 11) is 0. The number of carbonyl (C=O) groups excluding carboxylic acids is 2. The third-order valence-electron chi connectivity index (χ3n) is 3.10. The number of benzene rings is 1. The zero-order valence-electron chi connectivity index (χ0n) is 12.5. The minimum Gasteiger partial charge on any atom is -0.459 e. The molecule has 0 bridgehead atoms. The van der Waals surface area contributed by atoms with Crippen molar-refractivity contribution in [2.24, 2.45) is 0 Å². The second-order valence-electron chi connectivity index (χ2n) is 4.96. The monoisotopic (exact) mass is 340 g/mol. The summed E-state index contributed by atoms with van der Waals surface area (Å²) < 4.78 is 42.7. The lowest BCUT2D eigenvalue weighted by molar-refractivity contribution is -0.137. The first kappa shape index (κ1) is 17.6. The molecule has 0 aliphatic rings. The molecular formula is C16H15F3N2O3. The highest BCUT2D eigenvalue weighted by Crippen LogP contribution is 2.29. The van der Waals surface area contributed by atoms with E-state index in [1.807, 2.05) is 0 Å². The van der Waals surface area contributed by atoms with Gasteiger partial charge in [-0.1, -0.05) is 18.2 Å². The summed E-state index contributed by atoms with van der Waals surface area (Å²) in [6.45, 7) is 0.331. The summed E-state index contributed by atoms with van der Waals surface area (Å²) in [4.78, 5) is 23.3. The fourth-order valence-corrected chi connectivity index (χ4v) is 1.98. The number of nitrogens with one attached hydrogen (secondary N) is 2. The van der Waals surface area contributed by atoms with Crippen LogP contribution < -0.4 is 10.6 Å². The number of alkyl halides is 3. The summed E-state index contributed by atoms with van der Waals surface area (Å²) >= 11 is 0. The van der Waals surface area contributed by atoms with Crippen LogP contribution >= 0.6 is 0 Å². The molecule has 0 spiro atoms. The van der Waals surface area contributed by atoms with E-state index in [1.54, 1.807) is 6.07 Å². The lowest BCUT2D eigenvalue weighted by atomic mass is 10.1. The molecule has 0 saturated heterocycles. The van der Waals surface area contributed by atoms with E-state index in [-0.39, 0.29) is 30.8 Å². The Morgan fingerprint density at radius 1 is 1.04 bits per heavy atom. The van der Waals surface area contributed by atoms with Crippen LogP contribution in [0.3, 0.4) is 0 Å². The molecule has 0 atom stereocenters. The Morgan fingerprint density at radius 3 is 2.46 bits per heavy atom. The molecule has 0 radical (unpaired) electrons. The van der Waals surface area contributed by atoms with Crippen LogP contribution in [-0.4, -0.2) is 24.9 Å². The zero-order valence-corrected chi connectivity index (χ0v) is 12.5. The van der Waals surface area contributed by atoms with Gasteiger partial charge in [0.05, 0.1) is 18.2 Å². The number of hydrogen-bond donors (Lipinski definition) is 2. The molecule has 1 heterocycles. The van der Waals surface area contributed by atoms with Crippen LogP contribution in [0.1, 0.15) is 21.7 Å². The van der Waals surface area contributed by atoms with Crippen LogP contribution in [0.4, 0.5) is 13.2 Å². The molecule has 0 unspecified atom stereocenters. The molecule has 24 heavy (non-hydrogen) atoms. The summed E-state index contributed by atoms with van der Waals surface area (Å²) in [5, 5.41) is 5.06.